The summed E-state index contributed by atoms with van der Waals surface area (Å²) in [6, 6.07) is 11.3. The van der Waals surface area contributed by atoms with Crippen molar-refractivity contribution in [1.82, 2.24) is 14.9 Å². The maximum atomic E-state index is 12.8. The molecule has 176 valence electrons. The summed E-state index contributed by atoms with van der Waals surface area (Å²) < 4.78 is 0. The second kappa shape index (κ2) is 9.98. The molecule has 3 heterocycles. The highest BCUT2D eigenvalue weighted by molar-refractivity contribution is 5.76. The lowest BCUT2D eigenvalue weighted by Gasteiger charge is -2.37. The van der Waals surface area contributed by atoms with E-state index in [0.29, 0.717) is 24.3 Å². The lowest BCUT2D eigenvalue weighted by molar-refractivity contribution is -0.131. The number of aryl methyl sites for hydroxylation is 1. The van der Waals surface area contributed by atoms with Gasteiger partial charge in [0.15, 0.2) is 0 Å². The molecule has 3 fully saturated rings. The first-order chi connectivity index (χ1) is 16.1. The van der Waals surface area contributed by atoms with Crippen LogP contribution in [0.3, 0.4) is 0 Å². The van der Waals surface area contributed by atoms with Gasteiger partial charge in [-0.15, -0.1) is 0 Å². The van der Waals surface area contributed by atoms with E-state index >= 15 is 0 Å². The number of amides is 1. The van der Waals surface area contributed by atoms with E-state index in [1.165, 1.54) is 24.1 Å². The van der Waals surface area contributed by atoms with Crippen LogP contribution in [0.1, 0.15) is 44.1 Å². The number of carbonyl (C=O) groups is 1. The molecule has 1 amide bonds. The fraction of sp³-hybridized carbons (Fsp3) is 0.577. The lowest BCUT2D eigenvalue weighted by Crippen LogP contribution is -2.48. The van der Waals surface area contributed by atoms with Crippen LogP contribution in [0.4, 0.5) is 17.3 Å². The van der Waals surface area contributed by atoms with Gasteiger partial charge in [-0.2, -0.15) is 0 Å². The van der Waals surface area contributed by atoms with Crippen LogP contribution in [0, 0.1) is 12.8 Å². The Balaban J connectivity index is 1.03. The predicted octanol–water partition coefficient (Wildman–Crippen LogP) is 3.70. The average Bonchev–Trinajstić information content (AvgIpc) is 3.67. The highest BCUT2D eigenvalue weighted by atomic mass is 16.2. The summed E-state index contributed by atoms with van der Waals surface area (Å²) in [6.07, 6.45) is 8.09. The van der Waals surface area contributed by atoms with Gasteiger partial charge in [0.2, 0.25) is 5.91 Å². The number of nitrogens with one attached hydrogen (secondary N) is 1. The number of rotatable bonds is 7. The van der Waals surface area contributed by atoms with Crippen molar-refractivity contribution < 1.29 is 4.79 Å². The minimum atomic E-state index is 0.327. The third-order valence-electron chi connectivity index (χ3n) is 7.29. The Labute approximate surface area is 197 Å². The number of hydrogen-bond donors (Lipinski definition) is 1. The molecule has 0 radical (unpaired) electrons. The van der Waals surface area contributed by atoms with Crippen molar-refractivity contribution in [3.8, 4) is 0 Å². The lowest BCUT2D eigenvalue weighted by atomic mass is 9.92. The zero-order valence-corrected chi connectivity index (χ0v) is 19.7. The number of aromatic nitrogens is 2. The van der Waals surface area contributed by atoms with Gasteiger partial charge in [0, 0.05) is 63.5 Å². The summed E-state index contributed by atoms with van der Waals surface area (Å²) in [5, 5.41) is 3.46. The molecule has 5 rings (SSSR count). The monoisotopic (exact) mass is 448 g/mol. The van der Waals surface area contributed by atoms with E-state index in [-0.39, 0.29) is 0 Å². The van der Waals surface area contributed by atoms with Crippen molar-refractivity contribution in [2.24, 2.45) is 5.92 Å². The maximum absolute atomic E-state index is 12.8. The zero-order valence-electron chi connectivity index (χ0n) is 19.7. The number of piperazine rings is 1. The van der Waals surface area contributed by atoms with Gasteiger partial charge in [-0.05, 0) is 62.6 Å². The number of piperidine rings is 1. The predicted molar refractivity (Wildman–Crippen MR) is 133 cm³/mol. The van der Waals surface area contributed by atoms with Crippen molar-refractivity contribution in [1.29, 1.82) is 0 Å². The number of hydrogen-bond acceptors (Lipinski definition) is 6. The summed E-state index contributed by atoms with van der Waals surface area (Å²) >= 11 is 0. The second-order valence-corrected chi connectivity index (χ2v) is 9.86. The number of anilines is 3. The Kier molecular flexibility index (Phi) is 6.65. The summed E-state index contributed by atoms with van der Waals surface area (Å²) in [4.78, 5) is 28.5. The molecule has 1 aromatic carbocycles. The maximum Gasteiger partial charge on any atom is 0.222 e. The van der Waals surface area contributed by atoms with Crippen molar-refractivity contribution in [2.45, 2.75) is 51.5 Å². The minimum absolute atomic E-state index is 0.327. The molecule has 0 spiro atoms. The van der Waals surface area contributed by atoms with E-state index in [1.54, 1.807) is 6.33 Å². The van der Waals surface area contributed by atoms with E-state index in [0.717, 1.165) is 70.2 Å². The second-order valence-electron chi connectivity index (χ2n) is 9.86. The average molecular weight is 449 g/mol. The molecule has 2 aliphatic heterocycles. The first-order valence-electron chi connectivity index (χ1n) is 12.6. The van der Waals surface area contributed by atoms with Gasteiger partial charge in [0.25, 0.3) is 0 Å². The van der Waals surface area contributed by atoms with E-state index in [1.807, 2.05) is 0 Å². The van der Waals surface area contributed by atoms with Crippen molar-refractivity contribution in [2.75, 3.05) is 54.4 Å². The Hall–Kier alpha value is -2.83. The number of carbonyl (C=O) groups excluding carboxylic acids is 1. The van der Waals surface area contributed by atoms with Gasteiger partial charge in [-0.1, -0.05) is 12.1 Å². The molecule has 7 nitrogen and oxygen atoms in total. The number of benzene rings is 1. The largest absolute Gasteiger partial charge is 0.368 e. The molecular formula is C26H36N6O. The van der Waals surface area contributed by atoms with Crippen molar-refractivity contribution in [3.63, 3.8) is 0 Å². The molecule has 2 saturated heterocycles. The Morgan fingerprint density at radius 2 is 1.76 bits per heavy atom. The standard InChI is InChI=1S/C26H36N6O/c1-20-3-2-4-23(17-20)30-13-15-32(16-14-30)26(33)8-5-21-9-11-31(12-10-21)25-18-24(27-19-28-25)29-22-6-7-22/h2-4,17-19,21-22H,5-16H2,1H3,(H,27,28,29). The molecule has 0 bridgehead atoms. The van der Waals surface area contributed by atoms with E-state index in [9.17, 15) is 4.79 Å². The molecule has 1 saturated carbocycles. The van der Waals surface area contributed by atoms with Crippen molar-refractivity contribution >= 4 is 23.2 Å². The van der Waals surface area contributed by atoms with Gasteiger partial charge in [0.1, 0.15) is 18.0 Å². The molecule has 3 aliphatic rings. The minimum Gasteiger partial charge on any atom is -0.368 e. The van der Waals surface area contributed by atoms with Gasteiger partial charge >= 0.3 is 0 Å². The third kappa shape index (κ3) is 5.75. The van der Waals surface area contributed by atoms with Crippen LogP contribution in [0.15, 0.2) is 36.7 Å². The molecule has 1 aliphatic carbocycles. The van der Waals surface area contributed by atoms with Crippen LogP contribution in [0.5, 0.6) is 0 Å². The Morgan fingerprint density at radius 1 is 0.970 bits per heavy atom. The van der Waals surface area contributed by atoms with Gasteiger partial charge in [0.05, 0.1) is 0 Å². The first kappa shape index (κ1) is 22.0. The highest BCUT2D eigenvalue weighted by Gasteiger charge is 2.25. The third-order valence-corrected chi connectivity index (χ3v) is 7.29. The molecular weight excluding hydrogens is 412 g/mol. The topological polar surface area (TPSA) is 64.6 Å². The molecule has 0 atom stereocenters. The Morgan fingerprint density at radius 3 is 2.48 bits per heavy atom. The van der Waals surface area contributed by atoms with Crippen LogP contribution in [-0.4, -0.2) is 66.1 Å². The highest BCUT2D eigenvalue weighted by Crippen LogP contribution is 2.28. The van der Waals surface area contributed by atoms with Gasteiger partial charge in [-0.3, -0.25) is 4.79 Å². The summed E-state index contributed by atoms with van der Waals surface area (Å²) in [5.74, 6) is 2.92. The summed E-state index contributed by atoms with van der Waals surface area (Å²) in [5.41, 5.74) is 2.56. The van der Waals surface area contributed by atoms with Crippen LogP contribution in [0.2, 0.25) is 0 Å². The number of nitrogens with zero attached hydrogens (tertiary/aromatic N) is 5. The van der Waals surface area contributed by atoms with E-state index in [4.69, 9.17) is 0 Å². The van der Waals surface area contributed by atoms with E-state index in [2.05, 4.69) is 67.2 Å². The summed E-state index contributed by atoms with van der Waals surface area (Å²) in [6.45, 7) is 7.65. The fourth-order valence-electron chi connectivity index (χ4n) is 5.01. The van der Waals surface area contributed by atoms with Crippen LogP contribution in [-0.2, 0) is 4.79 Å². The SMILES string of the molecule is Cc1cccc(N2CCN(C(=O)CCC3CCN(c4cc(NC5CC5)ncn4)CC3)CC2)c1. The van der Waals surface area contributed by atoms with Gasteiger partial charge in [-0.25, -0.2) is 9.97 Å². The van der Waals surface area contributed by atoms with Gasteiger partial charge < -0.3 is 20.0 Å². The van der Waals surface area contributed by atoms with Crippen LogP contribution >= 0.6 is 0 Å². The molecule has 1 aromatic heterocycles. The normalized spacial score (nSPS) is 19.6. The van der Waals surface area contributed by atoms with Crippen LogP contribution < -0.4 is 15.1 Å². The van der Waals surface area contributed by atoms with E-state index < -0.39 is 0 Å². The Bertz CT molecular complexity index is 945. The summed E-state index contributed by atoms with van der Waals surface area (Å²) in [7, 11) is 0. The fourth-order valence-corrected chi connectivity index (χ4v) is 5.01. The van der Waals surface area contributed by atoms with Crippen LogP contribution in [0.25, 0.3) is 0 Å². The smallest absolute Gasteiger partial charge is 0.222 e. The first-order valence-corrected chi connectivity index (χ1v) is 12.6. The molecule has 2 aromatic rings. The molecule has 1 N–H and O–H groups in total. The molecule has 0 unspecified atom stereocenters. The molecule has 7 heteroatoms. The zero-order chi connectivity index (χ0) is 22.6. The van der Waals surface area contributed by atoms with Crippen molar-refractivity contribution in [3.05, 3.63) is 42.2 Å². The quantitative estimate of drug-likeness (QED) is 0.697. The molecule has 33 heavy (non-hydrogen) atoms.